The molecule has 0 bridgehead atoms. The van der Waals surface area contributed by atoms with Gasteiger partial charge in [0.15, 0.2) is 0 Å². The molecule has 1 heterocycles. The summed E-state index contributed by atoms with van der Waals surface area (Å²) in [6, 6.07) is 18.4. The van der Waals surface area contributed by atoms with Gasteiger partial charge in [0.2, 0.25) is 5.91 Å². The minimum Gasteiger partial charge on any atom is -0.467 e. The average molecular weight is 468 g/mol. The second kappa shape index (κ2) is 11.6. The van der Waals surface area contributed by atoms with Gasteiger partial charge in [-0.05, 0) is 48.2 Å². The monoisotopic (exact) mass is 467 g/mol. The molecule has 0 aliphatic carbocycles. The first-order valence-corrected chi connectivity index (χ1v) is 11.4. The summed E-state index contributed by atoms with van der Waals surface area (Å²) in [6.45, 7) is 7.07. The van der Waals surface area contributed by atoms with Crippen LogP contribution in [-0.2, 0) is 17.9 Å². The van der Waals surface area contributed by atoms with Crippen LogP contribution in [0.5, 0.6) is 0 Å². The van der Waals surface area contributed by atoms with Gasteiger partial charge in [-0.15, -0.1) is 0 Å². The van der Waals surface area contributed by atoms with E-state index in [2.05, 4.69) is 5.32 Å². The van der Waals surface area contributed by atoms with Gasteiger partial charge in [0.25, 0.3) is 0 Å². The van der Waals surface area contributed by atoms with E-state index in [4.69, 9.17) is 16.0 Å². The molecule has 0 saturated heterocycles. The van der Waals surface area contributed by atoms with Crippen LogP contribution in [0.15, 0.2) is 71.3 Å². The number of benzene rings is 2. The highest BCUT2D eigenvalue weighted by Crippen LogP contribution is 2.20. The third-order valence-corrected chi connectivity index (χ3v) is 5.52. The van der Waals surface area contributed by atoms with E-state index < -0.39 is 0 Å². The standard InChI is InChI=1S/C26H30ClN3O3/c1-19(2)15-30(26(32)28-22-12-11-20(3)24(27)14-22)18-25(31)29(17-23-10-7-13-33-23)16-21-8-5-4-6-9-21/h4-14,19H,15-18H2,1-3H3,(H,28,32). The van der Waals surface area contributed by atoms with E-state index in [1.807, 2.05) is 63.2 Å². The van der Waals surface area contributed by atoms with E-state index in [0.29, 0.717) is 36.1 Å². The van der Waals surface area contributed by atoms with Crippen LogP contribution in [0.25, 0.3) is 0 Å². The van der Waals surface area contributed by atoms with Crippen LogP contribution in [-0.4, -0.2) is 34.8 Å². The minimum atomic E-state index is -0.338. The zero-order valence-corrected chi connectivity index (χ0v) is 20.0. The Balaban J connectivity index is 1.75. The molecule has 0 spiro atoms. The number of nitrogens with one attached hydrogen (secondary N) is 1. The highest BCUT2D eigenvalue weighted by Gasteiger charge is 2.23. The summed E-state index contributed by atoms with van der Waals surface area (Å²) in [6.07, 6.45) is 1.59. The van der Waals surface area contributed by atoms with Crippen molar-refractivity contribution in [2.24, 2.45) is 5.92 Å². The lowest BCUT2D eigenvalue weighted by atomic mass is 10.2. The second-order valence-electron chi connectivity index (χ2n) is 8.48. The van der Waals surface area contributed by atoms with Gasteiger partial charge in [-0.25, -0.2) is 4.79 Å². The number of aryl methyl sites for hydroxylation is 1. The number of anilines is 1. The smallest absolute Gasteiger partial charge is 0.322 e. The number of furan rings is 1. The molecule has 0 aliphatic rings. The van der Waals surface area contributed by atoms with Crippen LogP contribution in [0.1, 0.15) is 30.7 Å². The molecule has 3 amide bonds. The van der Waals surface area contributed by atoms with Gasteiger partial charge in [0, 0.05) is 23.8 Å². The number of hydrogen-bond donors (Lipinski definition) is 1. The molecule has 33 heavy (non-hydrogen) atoms. The number of nitrogens with zero attached hydrogens (tertiary/aromatic N) is 2. The van der Waals surface area contributed by atoms with Crippen LogP contribution in [0.4, 0.5) is 10.5 Å². The Hall–Kier alpha value is -3.25. The maximum Gasteiger partial charge on any atom is 0.322 e. The second-order valence-corrected chi connectivity index (χ2v) is 8.89. The van der Waals surface area contributed by atoms with Gasteiger partial charge in [0.05, 0.1) is 12.8 Å². The third kappa shape index (κ3) is 7.39. The van der Waals surface area contributed by atoms with Gasteiger partial charge in [-0.3, -0.25) is 4.79 Å². The Morgan fingerprint density at radius 1 is 1.00 bits per heavy atom. The molecular formula is C26H30ClN3O3. The minimum absolute atomic E-state index is 0.0445. The maximum absolute atomic E-state index is 13.4. The van der Waals surface area contributed by atoms with Crippen molar-refractivity contribution >= 4 is 29.2 Å². The number of carbonyl (C=O) groups excluding carboxylic acids is 2. The Morgan fingerprint density at radius 2 is 1.76 bits per heavy atom. The zero-order valence-electron chi connectivity index (χ0n) is 19.3. The van der Waals surface area contributed by atoms with E-state index in [-0.39, 0.29) is 24.4 Å². The summed E-state index contributed by atoms with van der Waals surface area (Å²) >= 11 is 6.20. The van der Waals surface area contributed by atoms with Crippen molar-refractivity contribution in [3.05, 3.63) is 88.8 Å². The third-order valence-electron chi connectivity index (χ3n) is 5.12. The van der Waals surface area contributed by atoms with Gasteiger partial charge in [-0.2, -0.15) is 0 Å². The molecule has 3 rings (SSSR count). The molecule has 1 aromatic heterocycles. The molecule has 0 saturated carbocycles. The predicted octanol–water partition coefficient (Wildman–Crippen LogP) is 5.96. The topological polar surface area (TPSA) is 65.8 Å². The van der Waals surface area contributed by atoms with Crippen molar-refractivity contribution in [2.75, 3.05) is 18.4 Å². The Morgan fingerprint density at radius 3 is 2.39 bits per heavy atom. The lowest BCUT2D eigenvalue weighted by molar-refractivity contribution is -0.133. The SMILES string of the molecule is Cc1ccc(NC(=O)N(CC(=O)N(Cc2ccccc2)Cc2ccco2)CC(C)C)cc1Cl. The van der Waals surface area contributed by atoms with E-state index in [9.17, 15) is 9.59 Å². The summed E-state index contributed by atoms with van der Waals surface area (Å²) in [5.41, 5.74) is 2.53. The summed E-state index contributed by atoms with van der Waals surface area (Å²) in [4.78, 5) is 29.7. The van der Waals surface area contributed by atoms with Gasteiger partial charge in [-0.1, -0.05) is 61.8 Å². The quantitative estimate of drug-likeness (QED) is 0.422. The largest absolute Gasteiger partial charge is 0.467 e. The van der Waals surface area contributed by atoms with Gasteiger partial charge in [0.1, 0.15) is 12.3 Å². The van der Waals surface area contributed by atoms with Crippen molar-refractivity contribution in [3.8, 4) is 0 Å². The maximum atomic E-state index is 13.4. The fourth-order valence-electron chi connectivity index (χ4n) is 3.42. The lowest BCUT2D eigenvalue weighted by Gasteiger charge is -2.28. The first-order valence-electron chi connectivity index (χ1n) is 11.0. The van der Waals surface area contributed by atoms with Crippen LogP contribution in [0.3, 0.4) is 0 Å². The van der Waals surface area contributed by atoms with Gasteiger partial charge >= 0.3 is 6.03 Å². The summed E-state index contributed by atoms with van der Waals surface area (Å²) in [5, 5.41) is 3.44. The van der Waals surface area contributed by atoms with Crippen LogP contribution < -0.4 is 5.32 Å². The summed E-state index contributed by atoms with van der Waals surface area (Å²) in [7, 11) is 0. The molecule has 3 aromatic rings. The number of amides is 3. The highest BCUT2D eigenvalue weighted by molar-refractivity contribution is 6.31. The molecule has 0 fully saturated rings. The van der Waals surface area contributed by atoms with Crippen molar-refractivity contribution < 1.29 is 14.0 Å². The van der Waals surface area contributed by atoms with Crippen molar-refractivity contribution in [3.63, 3.8) is 0 Å². The molecule has 0 unspecified atom stereocenters. The predicted molar refractivity (Wildman–Crippen MR) is 131 cm³/mol. The molecule has 0 aliphatic heterocycles. The number of carbonyl (C=O) groups is 2. The van der Waals surface area contributed by atoms with Crippen LogP contribution >= 0.6 is 11.6 Å². The highest BCUT2D eigenvalue weighted by atomic mass is 35.5. The van der Waals surface area contributed by atoms with Crippen molar-refractivity contribution in [1.29, 1.82) is 0 Å². The summed E-state index contributed by atoms with van der Waals surface area (Å²) < 4.78 is 5.47. The van der Waals surface area contributed by atoms with Crippen molar-refractivity contribution in [2.45, 2.75) is 33.9 Å². The Labute approximate surface area is 200 Å². The van der Waals surface area contributed by atoms with E-state index >= 15 is 0 Å². The number of rotatable bonds is 9. The average Bonchev–Trinajstić information content (AvgIpc) is 3.29. The number of hydrogen-bond acceptors (Lipinski definition) is 3. The molecule has 0 radical (unpaired) electrons. The normalized spacial score (nSPS) is 10.8. The van der Waals surface area contributed by atoms with Crippen LogP contribution in [0.2, 0.25) is 5.02 Å². The molecule has 174 valence electrons. The van der Waals surface area contributed by atoms with E-state index in [1.165, 1.54) is 0 Å². The first kappa shape index (κ1) is 24.4. The molecule has 0 atom stereocenters. The van der Waals surface area contributed by atoms with E-state index in [1.54, 1.807) is 34.3 Å². The Bertz CT molecular complexity index is 1050. The summed E-state index contributed by atoms with van der Waals surface area (Å²) in [5.74, 6) is 0.722. The number of halogens is 1. The molecule has 6 nitrogen and oxygen atoms in total. The molecule has 2 aromatic carbocycles. The van der Waals surface area contributed by atoms with E-state index in [0.717, 1.165) is 11.1 Å². The fourth-order valence-corrected chi connectivity index (χ4v) is 3.60. The first-order chi connectivity index (χ1) is 15.8. The zero-order chi connectivity index (χ0) is 23.8. The molecular weight excluding hydrogens is 438 g/mol. The van der Waals surface area contributed by atoms with Crippen molar-refractivity contribution in [1.82, 2.24) is 9.80 Å². The number of urea groups is 1. The van der Waals surface area contributed by atoms with Gasteiger partial charge < -0.3 is 19.5 Å². The lowest BCUT2D eigenvalue weighted by Crippen LogP contribution is -2.45. The van der Waals surface area contributed by atoms with Crippen LogP contribution in [0, 0.1) is 12.8 Å². The fraction of sp³-hybridized carbons (Fsp3) is 0.308. The molecule has 1 N–H and O–H groups in total. The Kier molecular flexibility index (Phi) is 8.55. The molecule has 7 heteroatoms.